The van der Waals surface area contributed by atoms with E-state index in [4.69, 9.17) is 0 Å². The third kappa shape index (κ3) is 3.01. The van der Waals surface area contributed by atoms with Gasteiger partial charge in [0, 0.05) is 6.04 Å². The number of sulfonamides is 1. The molecule has 0 aromatic carbocycles. The molecule has 0 radical (unpaired) electrons. The van der Waals surface area contributed by atoms with Crippen LogP contribution >= 0.6 is 0 Å². The highest BCUT2D eigenvalue weighted by atomic mass is 32.2. The molecule has 1 N–H and O–H groups in total. The van der Waals surface area contributed by atoms with Crippen molar-refractivity contribution in [2.75, 3.05) is 13.7 Å². The molecule has 8 heteroatoms. The summed E-state index contributed by atoms with van der Waals surface area (Å²) < 4.78 is 31.1. The maximum atomic E-state index is 12.6. The first-order chi connectivity index (χ1) is 9.45. The summed E-state index contributed by atoms with van der Waals surface area (Å²) in [7, 11) is -2.50. The van der Waals surface area contributed by atoms with Crippen LogP contribution in [0, 0.1) is 6.92 Å². The molecule has 1 aromatic heterocycles. The molecular weight excluding hydrogens is 282 g/mol. The smallest absolute Gasteiger partial charge is 0.321 e. The van der Waals surface area contributed by atoms with Crippen molar-refractivity contribution in [3.63, 3.8) is 0 Å². The number of carbonyl (C=O) groups is 1. The number of carbonyl (C=O) groups excluding carboxylic acids is 1. The number of aromatic nitrogens is 2. The number of esters is 1. The number of H-pyrrole nitrogens is 1. The molecule has 1 saturated carbocycles. The number of imidazole rings is 1. The van der Waals surface area contributed by atoms with Crippen molar-refractivity contribution in [3.8, 4) is 0 Å². The number of ether oxygens (including phenoxy) is 1. The van der Waals surface area contributed by atoms with E-state index in [1.807, 2.05) is 0 Å². The first-order valence-corrected chi connectivity index (χ1v) is 7.99. The molecule has 1 fully saturated rings. The number of rotatable bonds is 5. The Morgan fingerprint density at radius 1 is 1.50 bits per heavy atom. The van der Waals surface area contributed by atoms with Crippen LogP contribution in [0.4, 0.5) is 0 Å². The summed E-state index contributed by atoms with van der Waals surface area (Å²) in [5.74, 6) is -0.0373. The molecule has 0 spiro atoms. The number of hydrogen-bond acceptors (Lipinski definition) is 5. The quantitative estimate of drug-likeness (QED) is 0.813. The molecular formula is C12H19N3O4S. The van der Waals surface area contributed by atoms with E-state index in [0.29, 0.717) is 5.82 Å². The summed E-state index contributed by atoms with van der Waals surface area (Å²) in [6.07, 6.45) is 4.76. The topological polar surface area (TPSA) is 92.4 Å². The Morgan fingerprint density at radius 3 is 2.65 bits per heavy atom. The monoisotopic (exact) mass is 301 g/mol. The summed E-state index contributed by atoms with van der Waals surface area (Å²) >= 11 is 0. The minimum Gasteiger partial charge on any atom is -0.468 e. The summed E-state index contributed by atoms with van der Waals surface area (Å²) in [6, 6.07) is -0.150. The van der Waals surface area contributed by atoms with Gasteiger partial charge in [-0.15, -0.1) is 0 Å². The first kappa shape index (κ1) is 15.0. The molecule has 1 heterocycles. The van der Waals surface area contributed by atoms with Crippen LogP contribution in [-0.2, 0) is 19.6 Å². The molecule has 1 aromatic rings. The van der Waals surface area contributed by atoms with E-state index < -0.39 is 16.0 Å². The van der Waals surface area contributed by atoms with Crippen LogP contribution in [0.25, 0.3) is 0 Å². The normalized spacial score (nSPS) is 16.8. The Morgan fingerprint density at radius 2 is 2.15 bits per heavy atom. The van der Waals surface area contributed by atoms with Crippen LogP contribution in [0.5, 0.6) is 0 Å². The number of aromatic amines is 1. The van der Waals surface area contributed by atoms with Gasteiger partial charge in [-0.25, -0.2) is 13.4 Å². The van der Waals surface area contributed by atoms with Crippen LogP contribution < -0.4 is 0 Å². The minimum atomic E-state index is -3.75. The van der Waals surface area contributed by atoms with Crippen LogP contribution in [0.15, 0.2) is 11.2 Å². The molecule has 112 valence electrons. The van der Waals surface area contributed by atoms with Crippen molar-refractivity contribution in [2.24, 2.45) is 0 Å². The van der Waals surface area contributed by atoms with Gasteiger partial charge >= 0.3 is 5.97 Å². The lowest BCUT2D eigenvalue weighted by Gasteiger charge is -2.26. The average molecular weight is 301 g/mol. The SMILES string of the molecule is COC(=O)CN(C1CCCC1)S(=O)(=O)c1cnc(C)[nH]1. The highest BCUT2D eigenvalue weighted by Crippen LogP contribution is 2.28. The second kappa shape index (κ2) is 5.92. The largest absolute Gasteiger partial charge is 0.468 e. The van der Waals surface area contributed by atoms with Crippen molar-refractivity contribution in [1.29, 1.82) is 0 Å². The average Bonchev–Trinajstić information content (AvgIpc) is 3.06. The van der Waals surface area contributed by atoms with Crippen LogP contribution in [0.3, 0.4) is 0 Å². The Hall–Kier alpha value is -1.41. The first-order valence-electron chi connectivity index (χ1n) is 6.55. The molecule has 0 atom stereocenters. The number of aryl methyl sites for hydroxylation is 1. The van der Waals surface area contributed by atoms with Gasteiger partial charge in [-0.3, -0.25) is 4.79 Å². The Balaban J connectivity index is 2.31. The molecule has 2 rings (SSSR count). The van der Waals surface area contributed by atoms with E-state index in [1.165, 1.54) is 17.6 Å². The molecule has 0 aliphatic heterocycles. The zero-order valence-corrected chi connectivity index (χ0v) is 12.4. The predicted octanol–water partition coefficient (Wildman–Crippen LogP) is 0.824. The van der Waals surface area contributed by atoms with Gasteiger partial charge in [0.25, 0.3) is 10.0 Å². The molecule has 0 saturated heterocycles. The van der Waals surface area contributed by atoms with Crippen molar-refractivity contribution < 1.29 is 17.9 Å². The van der Waals surface area contributed by atoms with Crippen molar-refractivity contribution >= 4 is 16.0 Å². The van der Waals surface area contributed by atoms with Gasteiger partial charge in [-0.2, -0.15) is 4.31 Å². The van der Waals surface area contributed by atoms with Gasteiger partial charge in [0.2, 0.25) is 0 Å². The van der Waals surface area contributed by atoms with Gasteiger partial charge in [-0.05, 0) is 19.8 Å². The van der Waals surface area contributed by atoms with E-state index in [-0.39, 0.29) is 17.6 Å². The molecule has 0 unspecified atom stereocenters. The second-order valence-electron chi connectivity index (χ2n) is 4.90. The molecule has 1 aliphatic rings. The maximum absolute atomic E-state index is 12.6. The lowest BCUT2D eigenvalue weighted by atomic mass is 10.2. The zero-order valence-electron chi connectivity index (χ0n) is 11.6. The van der Waals surface area contributed by atoms with Gasteiger partial charge in [0.1, 0.15) is 12.4 Å². The standard InChI is InChI=1S/C12H19N3O4S/c1-9-13-7-11(14-9)20(17,18)15(8-12(16)19-2)10-5-3-4-6-10/h7,10H,3-6,8H2,1-2H3,(H,13,14). The number of nitrogens with zero attached hydrogens (tertiary/aromatic N) is 2. The highest BCUT2D eigenvalue weighted by Gasteiger charge is 2.35. The van der Waals surface area contributed by atoms with Crippen molar-refractivity contribution in [2.45, 2.75) is 43.7 Å². The maximum Gasteiger partial charge on any atom is 0.321 e. The molecule has 0 amide bonds. The number of nitrogens with one attached hydrogen (secondary N) is 1. The van der Waals surface area contributed by atoms with E-state index in [9.17, 15) is 13.2 Å². The second-order valence-corrected chi connectivity index (χ2v) is 6.76. The van der Waals surface area contributed by atoms with E-state index in [1.54, 1.807) is 6.92 Å². The Labute approximate surface area is 118 Å². The summed E-state index contributed by atoms with van der Waals surface area (Å²) in [5, 5.41) is 0.0193. The lowest BCUT2D eigenvalue weighted by Crippen LogP contribution is -2.42. The highest BCUT2D eigenvalue weighted by molar-refractivity contribution is 7.89. The Bertz CT molecular complexity index is 575. The van der Waals surface area contributed by atoms with Crippen LogP contribution in [-0.4, -0.2) is 48.4 Å². The van der Waals surface area contributed by atoms with E-state index in [2.05, 4.69) is 14.7 Å². The zero-order chi connectivity index (χ0) is 14.8. The molecule has 7 nitrogen and oxygen atoms in total. The van der Waals surface area contributed by atoms with Gasteiger partial charge < -0.3 is 9.72 Å². The van der Waals surface area contributed by atoms with E-state index >= 15 is 0 Å². The third-order valence-electron chi connectivity index (χ3n) is 3.51. The van der Waals surface area contributed by atoms with Crippen LogP contribution in [0.2, 0.25) is 0 Å². The van der Waals surface area contributed by atoms with Crippen molar-refractivity contribution in [1.82, 2.24) is 14.3 Å². The minimum absolute atomic E-state index is 0.0193. The van der Waals surface area contributed by atoms with Gasteiger partial charge in [-0.1, -0.05) is 12.8 Å². The van der Waals surface area contributed by atoms with Crippen LogP contribution in [0.1, 0.15) is 31.5 Å². The third-order valence-corrected chi connectivity index (χ3v) is 5.32. The lowest BCUT2D eigenvalue weighted by molar-refractivity contribution is -0.141. The fourth-order valence-electron chi connectivity index (χ4n) is 2.45. The molecule has 0 bridgehead atoms. The van der Waals surface area contributed by atoms with Gasteiger partial charge in [0.05, 0.1) is 13.3 Å². The molecule has 20 heavy (non-hydrogen) atoms. The van der Waals surface area contributed by atoms with E-state index in [0.717, 1.165) is 25.7 Å². The number of methoxy groups -OCH3 is 1. The van der Waals surface area contributed by atoms with Gasteiger partial charge in [0.15, 0.2) is 5.03 Å². The molecule has 1 aliphatic carbocycles. The fourth-order valence-corrected chi connectivity index (χ4v) is 4.04. The summed E-state index contributed by atoms with van der Waals surface area (Å²) in [4.78, 5) is 18.1. The summed E-state index contributed by atoms with van der Waals surface area (Å²) in [5.41, 5.74) is 0. The fraction of sp³-hybridized carbons (Fsp3) is 0.667. The van der Waals surface area contributed by atoms with Crippen molar-refractivity contribution in [3.05, 3.63) is 12.0 Å². The summed E-state index contributed by atoms with van der Waals surface area (Å²) in [6.45, 7) is 1.42. The predicted molar refractivity (Wildman–Crippen MR) is 71.5 cm³/mol. The number of hydrogen-bond donors (Lipinski definition) is 1. The Kier molecular flexibility index (Phi) is 4.44.